The molecule has 0 saturated heterocycles. The molecule has 0 fully saturated rings. The monoisotopic (exact) mass is 456 g/mol. The van der Waals surface area contributed by atoms with E-state index in [1.54, 1.807) is 32.3 Å². The lowest BCUT2D eigenvalue weighted by Gasteiger charge is -2.16. The van der Waals surface area contributed by atoms with Crippen molar-refractivity contribution in [3.05, 3.63) is 70.8 Å². The summed E-state index contributed by atoms with van der Waals surface area (Å²) >= 11 is 0. The molecule has 5 rings (SSSR count). The SMILES string of the molecule is COc1c(Nc2cc(Cc3cc(C)ccn3)nc3c2C(=O)N(C)C3)cccc1-c1nnn(C)n1. The molecule has 0 unspecified atom stereocenters. The van der Waals surface area contributed by atoms with Crippen molar-refractivity contribution >= 4 is 17.3 Å². The van der Waals surface area contributed by atoms with Gasteiger partial charge in [-0.05, 0) is 48.0 Å². The lowest BCUT2D eigenvalue weighted by molar-refractivity contribution is 0.0817. The summed E-state index contributed by atoms with van der Waals surface area (Å²) in [6, 6.07) is 11.5. The van der Waals surface area contributed by atoms with Gasteiger partial charge in [0.25, 0.3) is 5.91 Å². The van der Waals surface area contributed by atoms with Crippen LogP contribution in [0.15, 0.2) is 42.6 Å². The number of methoxy groups -OCH3 is 1. The highest BCUT2D eigenvalue weighted by Gasteiger charge is 2.30. The number of ether oxygens (including phenoxy) is 1. The molecule has 0 aliphatic carbocycles. The minimum Gasteiger partial charge on any atom is -0.494 e. The molecular weight excluding hydrogens is 432 g/mol. The number of tetrazole rings is 1. The molecule has 34 heavy (non-hydrogen) atoms. The number of aromatic nitrogens is 6. The van der Waals surface area contributed by atoms with Crippen LogP contribution >= 0.6 is 0 Å². The fourth-order valence-corrected chi connectivity index (χ4v) is 4.13. The number of fused-ring (bicyclic) bond motifs is 1. The molecule has 1 aromatic carbocycles. The minimum atomic E-state index is -0.0732. The Bertz CT molecular complexity index is 1400. The molecular formula is C24H24N8O2. The number of pyridine rings is 2. The van der Waals surface area contributed by atoms with Gasteiger partial charge in [-0.15, -0.1) is 10.2 Å². The standard InChI is InChI=1S/C24H24N8O2/c1-14-8-9-25-15(10-14)11-16-12-19(21-20(26-16)13-31(2)24(21)33)27-18-7-5-6-17(22(18)34-4)23-28-30-32(3)29-23/h5-10,12H,11,13H2,1-4H3,(H,26,27). The van der Waals surface area contributed by atoms with Crippen LogP contribution in [0, 0.1) is 6.92 Å². The van der Waals surface area contributed by atoms with E-state index in [9.17, 15) is 4.79 Å². The largest absolute Gasteiger partial charge is 0.494 e. The molecule has 0 spiro atoms. The van der Waals surface area contributed by atoms with Gasteiger partial charge in [-0.1, -0.05) is 6.07 Å². The molecule has 172 valence electrons. The van der Waals surface area contributed by atoms with Gasteiger partial charge < -0.3 is 15.0 Å². The van der Waals surface area contributed by atoms with E-state index in [0.29, 0.717) is 47.0 Å². The molecule has 1 N–H and O–H groups in total. The molecule has 4 heterocycles. The number of nitrogens with one attached hydrogen (secondary N) is 1. The average molecular weight is 457 g/mol. The van der Waals surface area contributed by atoms with Crippen molar-refractivity contribution in [2.45, 2.75) is 19.9 Å². The zero-order valence-corrected chi connectivity index (χ0v) is 19.4. The summed E-state index contributed by atoms with van der Waals surface area (Å²) in [6.07, 6.45) is 2.35. The topological polar surface area (TPSA) is 111 Å². The van der Waals surface area contributed by atoms with Gasteiger partial charge in [-0.2, -0.15) is 4.80 Å². The third kappa shape index (κ3) is 3.94. The molecule has 0 radical (unpaired) electrons. The Balaban J connectivity index is 1.57. The predicted molar refractivity (Wildman–Crippen MR) is 126 cm³/mol. The van der Waals surface area contributed by atoms with E-state index in [1.807, 2.05) is 43.3 Å². The van der Waals surface area contributed by atoms with E-state index >= 15 is 0 Å². The highest BCUT2D eigenvalue weighted by atomic mass is 16.5. The number of benzene rings is 1. The molecule has 0 atom stereocenters. The summed E-state index contributed by atoms with van der Waals surface area (Å²) in [4.78, 5) is 25.2. The van der Waals surface area contributed by atoms with Gasteiger partial charge in [-0.25, -0.2) is 0 Å². The van der Waals surface area contributed by atoms with Crippen molar-refractivity contribution in [1.82, 2.24) is 35.1 Å². The number of rotatable bonds is 6. The van der Waals surface area contributed by atoms with Crippen LogP contribution in [0.3, 0.4) is 0 Å². The number of anilines is 2. The first-order chi connectivity index (χ1) is 16.4. The summed E-state index contributed by atoms with van der Waals surface area (Å²) in [5.41, 5.74) is 6.24. The van der Waals surface area contributed by atoms with Crippen molar-refractivity contribution in [2.75, 3.05) is 19.5 Å². The Hall–Kier alpha value is -4.34. The van der Waals surface area contributed by atoms with Crippen LogP contribution in [0.4, 0.5) is 11.4 Å². The fraction of sp³-hybridized carbons (Fsp3) is 0.250. The normalized spacial score (nSPS) is 12.7. The number of nitrogens with zero attached hydrogens (tertiary/aromatic N) is 7. The van der Waals surface area contributed by atoms with Gasteiger partial charge in [0.05, 0.1) is 48.9 Å². The van der Waals surface area contributed by atoms with Crippen LogP contribution in [-0.2, 0) is 20.0 Å². The first-order valence-electron chi connectivity index (χ1n) is 10.8. The van der Waals surface area contributed by atoms with Gasteiger partial charge in [0.1, 0.15) is 0 Å². The summed E-state index contributed by atoms with van der Waals surface area (Å²) < 4.78 is 5.72. The van der Waals surface area contributed by atoms with Crippen molar-refractivity contribution in [3.8, 4) is 17.1 Å². The maximum absolute atomic E-state index is 12.9. The maximum atomic E-state index is 12.9. The van der Waals surface area contributed by atoms with E-state index in [0.717, 1.165) is 22.6 Å². The van der Waals surface area contributed by atoms with Gasteiger partial charge in [0.15, 0.2) is 5.75 Å². The van der Waals surface area contributed by atoms with E-state index in [-0.39, 0.29) is 5.91 Å². The molecule has 1 aliphatic heterocycles. The molecule has 1 aliphatic rings. The third-order valence-electron chi connectivity index (χ3n) is 5.67. The molecule has 0 saturated carbocycles. The van der Waals surface area contributed by atoms with Gasteiger partial charge >= 0.3 is 0 Å². The van der Waals surface area contributed by atoms with Crippen molar-refractivity contribution in [1.29, 1.82) is 0 Å². The van der Waals surface area contributed by atoms with Crippen molar-refractivity contribution < 1.29 is 9.53 Å². The molecule has 3 aromatic heterocycles. The number of hydrogen-bond acceptors (Lipinski definition) is 8. The van der Waals surface area contributed by atoms with Crippen LogP contribution in [0.25, 0.3) is 11.4 Å². The average Bonchev–Trinajstić information content (AvgIpc) is 3.36. The zero-order chi connectivity index (χ0) is 23.8. The summed E-state index contributed by atoms with van der Waals surface area (Å²) in [7, 11) is 5.07. The van der Waals surface area contributed by atoms with Crippen LogP contribution in [0.1, 0.15) is 33.0 Å². The number of hydrogen-bond donors (Lipinski definition) is 1. The van der Waals surface area contributed by atoms with Crippen molar-refractivity contribution in [2.24, 2.45) is 7.05 Å². The lowest BCUT2D eigenvalue weighted by atomic mass is 10.1. The van der Waals surface area contributed by atoms with Gasteiger partial charge in [0.2, 0.25) is 5.82 Å². The first-order valence-corrected chi connectivity index (χ1v) is 10.8. The van der Waals surface area contributed by atoms with Crippen LogP contribution in [0.2, 0.25) is 0 Å². The van der Waals surface area contributed by atoms with Crippen LogP contribution in [-0.4, -0.2) is 55.1 Å². The summed E-state index contributed by atoms with van der Waals surface area (Å²) in [5, 5.41) is 15.7. The lowest BCUT2D eigenvalue weighted by Crippen LogP contribution is -2.18. The molecule has 0 bridgehead atoms. The molecule has 1 amide bonds. The number of aryl methyl sites for hydroxylation is 2. The Morgan fingerprint density at radius 3 is 2.71 bits per heavy atom. The molecule has 10 nitrogen and oxygen atoms in total. The van der Waals surface area contributed by atoms with Gasteiger partial charge in [0, 0.05) is 31.1 Å². The smallest absolute Gasteiger partial charge is 0.257 e. The van der Waals surface area contributed by atoms with E-state index in [4.69, 9.17) is 9.72 Å². The number of carbonyl (C=O) groups excluding carboxylic acids is 1. The fourth-order valence-electron chi connectivity index (χ4n) is 4.13. The zero-order valence-electron chi connectivity index (χ0n) is 19.4. The highest BCUT2D eigenvalue weighted by molar-refractivity contribution is 6.03. The summed E-state index contributed by atoms with van der Waals surface area (Å²) in [6.45, 7) is 2.49. The van der Waals surface area contributed by atoms with Crippen LogP contribution < -0.4 is 10.1 Å². The molecule has 4 aromatic rings. The second-order valence-corrected chi connectivity index (χ2v) is 8.26. The van der Waals surface area contributed by atoms with Crippen molar-refractivity contribution in [3.63, 3.8) is 0 Å². The van der Waals surface area contributed by atoms with E-state index in [2.05, 4.69) is 25.7 Å². The minimum absolute atomic E-state index is 0.0732. The van der Waals surface area contributed by atoms with Crippen LogP contribution in [0.5, 0.6) is 5.75 Å². The number of amides is 1. The van der Waals surface area contributed by atoms with Gasteiger partial charge in [-0.3, -0.25) is 14.8 Å². The predicted octanol–water partition coefficient (Wildman–Crippen LogP) is 2.90. The Morgan fingerprint density at radius 1 is 1.12 bits per heavy atom. The second-order valence-electron chi connectivity index (χ2n) is 8.26. The Morgan fingerprint density at radius 2 is 1.97 bits per heavy atom. The third-order valence-corrected chi connectivity index (χ3v) is 5.67. The maximum Gasteiger partial charge on any atom is 0.257 e. The highest BCUT2D eigenvalue weighted by Crippen LogP contribution is 2.38. The first kappa shape index (κ1) is 21.5. The number of para-hydroxylation sites is 1. The second kappa shape index (κ2) is 8.54. The molecule has 10 heteroatoms. The van der Waals surface area contributed by atoms with E-state index in [1.165, 1.54) is 4.80 Å². The number of carbonyl (C=O) groups is 1. The Kier molecular flexibility index (Phi) is 5.40. The quantitative estimate of drug-likeness (QED) is 0.472. The van der Waals surface area contributed by atoms with E-state index < -0.39 is 0 Å². The Labute approximate surface area is 196 Å². The summed E-state index contributed by atoms with van der Waals surface area (Å²) in [5.74, 6) is 0.933.